The highest BCUT2D eigenvalue weighted by Crippen LogP contribution is 2.27. The van der Waals surface area contributed by atoms with Gasteiger partial charge in [0.2, 0.25) is 0 Å². The van der Waals surface area contributed by atoms with Crippen LogP contribution in [0.5, 0.6) is 5.75 Å². The van der Waals surface area contributed by atoms with Gasteiger partial charge in [0, 0.05) is 29.3 Å². The first kappa shape index (κ1) is 18.6. The zero-order valence-electron chi connectivity index (χ0n) is 13.7. The van der Waals surface area contributed by atoms with Gasteiger partial charge in [0.25, 0.3) is 0 Å². The summed E-state index contributed by atoms with van der Waals surface area (Å²) in [5, 5.41) is 13.0. The number of hydrogen-bond acceptors (Lipinski definition) is 3. The van der Waals surface area contributed by atoms with Gasteiger partial charge in [-0.25, -0.2) is 9.18 Å². The van der Waals surface area contributed by atoms with Crippen molar-refractivity contribution in [2.75, 3.05) is 11.9 Å². The van der Waals surface area contributed by atoms with E-state index in [-0.39, 0.29) is 17.1 Å². The molecule has 0 amide bonds. The van der Waals surface area contributed by atoms with Gasteiger partial charge in [0.15, 0.2) is 0 Å². The zero-order valence-corrected chi connectivity index (χ0v) is 13.7. The minimum Gasteiger partial charge on any atom is -0.478 e. The van der Waals surface area contributed by atoms with Crippen LogP contribution in [0.2, 0.25) is 0 Å². The maximum absolute atomic E-state index is 13.2. The third kappa shape index (κ3) is 4.49. The van der Waals surface area contributed by atoms with E-state index in [9.17, 15) is 27.5 Å². The molecule has 0 spiro atoms. The number of ether oxygens (including phenoxy) is 1. The van der Waals surface area contributed by atoms with Crippen molar-refractivity contribution < 1.29 is 32.2 Å². The molecule has 0 saturated heterocycles. The molecule has 0 unspecified atom stereocenters. The molecule has 0 aliphatic rings. The molecule has 0 aliphatic carbocycles. The van der Waals surface area contributed by atoms with Gasteiger partial charge in [0.05, 0.1) is 5.56 Å². The van der Waals surface area contributed by atoms with Gasteiger partial charge < -0.3 is 20.1 Å². The average molecular weight is 382 g/mol. The average Bonchev–Trinajstić information content (AvgIpc) is 2.96. The number of aromatic carboxylic acids is 1. The predicted molar refractivity (Wildman–Crippen MR) is 90.5 cm³/mol. The number of halogens is 4. The smallest absolute Gasteiger partial charge is 0.478 e. The summed E-state index contributed by atoms with van der Waals surface area (Å²) in [6.45, 7) is 0.323. The van der Waals surface area contributed by atoms with Gasteiger partial charge in [0.1, 0.15) is 11.6 Å². The molecule has 3 rings (SSSR count). The molecule has 2 aromatic carbocycles. The molecular formula is C18H14F4N2O3. The van der Waals surface area contributed by atoms with Crippen LogP contribution in [0.15, 0.2) is 42.6 Å². The molecule has 0 aliphatic heterocycles. The summed E-state index contributed by atoms with van der Waals surface area (Å²) in [5.41, 5.74) is 1.37. The molecule has 0 saturated carbocycles. The Morgan fingerprint density at radius 3 is 2.67 bits per heavy atom. The van der Waals surface area contributed by atoms with Crippen molar-refractivity contribution in [2.45, 2.75) is 12.8 Å². The number of carboxylic acid groups (broad SMARTS) is 1. The number of H-pyrrole nitrogens is 1. The van der Waals surface area contributed by atoms with E-state index in [1.54, 1.807) is 12.3 Å². The number of hydrogen-bond donors (Lipinski definition) is 3. The lowest BCUT2D eigenvalue weighted by Gasteiger charge is -2.13. The molecule has 3 N–H and O–H groups in total. The predicted octanol–water partition coefficient (Wildman–Crippen LogP) is 4.56. The van der Waals surface area contributed by atoms with Gasteiger partial charge in [-0.1, -0.05) is 0 Å². The van der Waals surface area contributed by atoms with E-state index in [1.807, 2.05) is 0 Å². The fraction of sp³-hybridized carbons (Fsp3) is 0.167. The number of fused-ring (bicyclic) bond motifs is 1. The largest absolute Gasteiger partial charge is 0.573 e. The molecule has 1 heterocycles. The maximum Gasteiger partial charge on any atom is 0.573 e. The Balaban J connectivity index is 1.72. The fourth-order valence-electron chi connectivity index (χ4n) is 2.75. The number of nitrogens with one attached hydrogen (secondary N) is 2. The summed E-state index contributed by atoms with van der Waals surface area (Å²) < 4.78 is 53.8. The topological polar surface area (TPSA) is 74.3 Å². The van der Waals surface area contributed by atoms with Crippen LogP contribution in [0, 0.1) is 5.82 Å². The first-order chi connectivity index (χ1) is 12.7. The van der Waals surface area contributed by atoms with Crippen LogP contribution in [0.1, 0.15) is 15.9 Å². The van der Waals surface area contributed by atoms with E-state index in [4.69, 9.17) is 0 Å². The molecule has 9 heteroatoms. The standard InChI is InChI=1S/C18H14F4N2O3/c19-11-1-3-13-10(9-24-16(13)7-11)5-6-23-15-4-2-12(27-18(20,21)22)8-14(15)17(25)26/h1-4,7-9,23-24H,5-6H2,(H,25,26). The minimum atomic E-state index is -4.90. The van der Waals surface area contributed by atoms with E-state index in [2.05, 4.69) is 15.0 Å². The van der Waals surface area contributed by atoms with Gasteiger partial charge in [-0.3, -0.25) is 0 Å². The maximum atomic E-state index is 13.2. The second-order valence-electron chi connectivity index (χ2n) is 5.74. The SMILES string of the molecule is O=C(O)c1cc(OC(F)(F)F)ccc1NCCc1c[nH]c2cc(F)ccc12. The zero-order chi connectivity index (χ0) is 19.6. The normalized spacial score (nSPS) is 11.6. The lowest BCUT2D eigenvalue weighted by molar-refractivity contribution is -0.274. The third-order valence-corrected chi connectivity index (χ3v) is 3.89. The van der Waals surface area contributed by atoms with Crippen LogP contribution in [-0.2, 0) is 6.42 Å². The summed E-state index contributed by atoms with van der Waals surface area (Å²) >= 11 is 0. The van der Waals surface area contributed by atoms with Gasteiger partial charge in [-0.15, -0.1) is 13.2 Å². The second kappa shape index (κ2) is 7.18. The van der Waals surface area contributed by atoms with Crippen LogP contribution in [-0.4, -0.2) is 29.0 Å². The summed E-state index contributed by atoms with van der Waals surface area (Å²) in [6.07, 6.45) is -2.69. The number of benzene rings is 2. The van der Waals surface area contributed by atoms with Crippen molar-refractivity contribution in [1.29, 1.82) is 0 Å². The quantitative estimate of drug-likeness (QED) is 0.547. The number of alkyl halides is 3. The van der Waals surface area contributed by atoms with Crippen molar-refractivity contribution in [3.8, 4) is 5.75 Å². The molecule has 0 radical (unpaired) electrons. The Labute approximate surface area is 150 Å². The number of carbonyl (C=O) groups is 1. The van der Waals surface area contributed by atoms with Crippen molar-refractivity contribution >= 4 is 22.6 Å². The first-order valence-electron chi connectivity index (χ1n) is 7.85. The van der Waals surface area contributed by atoms with Crippen LogP contribution >= 0.6 is 0 Å². The number of aromatic nitrogens is 1. The van der Waals surface area contributed by atoms with Crippen molar-refractivity contribution in [1.82, 2.24) is 4.98 Å². The number of aromatic amines is 1. The highest BCUT2D eigenvalue weighted by Gasteiger charge is 2.31. The molecule has 5 nitrogen and oxygen atoms in total. The number of carboxylic acids is 1. The summed E-state index contributed by atoms with van der Waals surface area (Å²) in [4.78, 5) is 14.3. The minimum absolute atomic E-state index is 0.169. The Morgan fingerprint density at radius 2 is 1.96 bits per heavy atom. The first-order valence-corrected chi connectivity index (χ1v) is 7.85. The molecule has 3 aromatic rings. The van der Waals surface area contributed by atoms with Crippen LogP contribution in [0.3, 0.4) is 0 Å². The second-order valence-corrected chi connectivity index (χ2v) is 5.74. The highest BCUT2D eigenvalue weighted by atomic mass is 19.4. The van der Waals surface area contributed by atoms with Gasteiger partial charge in [-0.2, -0.15) is 0 Å². The molecule has 0 bridgehead atoms. The molecule has 0 fully saturated rings. The number of anilines is 1. The Bertz CT molecular complexity index is 982. The van der Waals surface area contributed by atoms with E-state index < -0.39 is 18.1 Å². The van der Waals surface area contributed by atoms with Gasteiger partial charge >= 0.3 is 12.3 Å². The lowest BCUT2D eigenvalue weighted by Crippen LogP contribution is -2.18. The molecular weight excluding hydrogens is 368 g/mol. The fourth-order valence-corrected chi connectivity index (χ4v) is 2.75. The van der Waals surface area contributed by atoms with Crippen molar-refractivity contribution in [3.63, 3.8) is 0 Å². The Morgan fingerprint density at radius 1 is 1.19 bits per heavy atom. The molecule has 1 aromatic heterocycles. The van der Waals surface area contributed by atoms with Crippen molar-refractivity contribution in [2.24, 2.45) is 0 Å². The highest BCUT2D eigenvalue weighted by molar-refractivity contribution is 5.94. The van der Waals surface area contributed by atoms with Crippen LogP contribution in [0.4, 0.5) is 23.2 Å². The number of rotatable bonds is 6. The summed E-state index contributed by atoms with van der Waals surface area (Å²) in [7, 11) is 0. The molecule has 27 heavy (non-hydrogen) atoms. The van der Waals surface area contributed by atoms with E-state index in [0.29, 0.717) is 18.5 Å². The Kier molecular flexibility index (Phi) is 4.93. The molecule has 142 valence electrons. The van der Waals surface area contributed by atoms with E-state index >= 15 is 0 Å². The van der Waals surface area contributed by atoms with Crippen molar-refractivity contribution in [3.05, 3.63) is 59.5 Å². The summed E-state index contributed by atoms with van der Waals surface area (Å²) in [5.74, 6) is -2.35. The van der Waals surface area contributed by atoms with E-state index in [1.165, 1.54) is 18.2 Å². The van der Waals surface area contributed by atoms with Crippen LogP contribution < -0.4 is 10.1 Å². The summed E-state index contributed by atoms with van der Waals surface area (Å²) in [6, 6.07) is 7.42. The van der Waals surface area contributed by atoms with Gasteiger partial charge in [-0.05, 0) is 48.4 Å². The molecule has 0 atom stereocenters. The third-order valence-electron chi connectivity index (χ3n) is 3.89. The lowest BCUT2D eigenvalue weighted by atomic mass is 10.1. The van der Waals surface area contributed by atoms with E-state index in [0.717, 1.165) is 23.1 Å². The van der Waals surface area contributed by atoms with Crippen LogP contribution in [0.25, 0.3) is 10.9 Å². The Hall–Kier alpha value is -3.23. The monoisotopic (exact) mass is 382 g/mol.